The molecule has 0 spiro atoms. The Balaban J connectivity index is 1.42. The Hall–Kier alpha value is -0.160. The summed E-state index contributed by atoms with van der Waals surface area (Å²) >= 11 is 0. The molecule has 0 aromatic carbocycles. The van der Waals surface area contributed by atoms with E-state index in [1.807, 2.05) is 0 Å². The van der Waals surface area contributed by atoms with Crippen molar-refractivity contribution in [3.8, 4) is 0 Å². The molecule has 2 heterocycles. The highest BCUT2D eigenvalue weighted by molar-refractivity contribution is 4.86. The Kier molecular flexibility index (Phi) is 5.32. The summed E-state index contributed by atoms with van der Waals surface area (Å²) < 4.78 is 5.55. The molecule has 1 aliphatic carbocycles. The first-order chi connectivity index (χ1) is 9.86. The van der Waals surface area contributed by atoms with Crippen LogP contribution < -0.4 is 5.32 Å². The second kappa shape index (κ2) is 7.21. The third-order valence-corrected chi connectivity index (χ3v) is 5.61. The minimum atomic E-state index is 0.607. The normalized spacial score (nSPS) is 31.9. The molecule has 2 unspecified atom stereocenters. The smallest absolute Gasteiger partial charge is 0.0510 e. The van der Waals surface area contributed by atoms with Gasteiger partial charge in [-0.1, -0.05) is 12.8 Å². The first-order valence-electron chi connectivity index (χ1n) is 8.58. The van der Waals surface area contributed by atoms with Crippen LogP contribution in [0.2, 0.25) is 0 Å². The second-order valence-corrected chi connectivity index (χ2v) is 6.79. The molecule has 3 fully saturated rings. The van der Waals surface area contributed by atoms with Crippen molar-refractivity contribution >= 4 is 0 Å². The molecular formula is C16H31N3O. The highest BCUT2D eigenvalue weighted by Crippen LogP contribution is 2.24. The van der Waals surface area contributed by atoms with Crippen LogP contribution in [0.4, 0.5) is 0 Å². The summed E-state index contributed by atoms with van der Waals surface area (Å²) in [7, 11) is 2.11. The summed E-state index contributed by atoms with van der Waals surface area (Å²) in [6, 6.07) is 1.51. The molecule has 0 aromatic heterocycles. The lowest BCUT2D eigenvalue weighted by Gasteiger charge is -2.40. The van der Waals surface area contributed by atoms with E-state index in [9.17, 15) is 0 Å². The maximum atomic E-state index is 5.55. The van der Waals surface area contributed by atoms with Gasteiger partial charge in [0.2, 0.25) is 0 Å². The molecule has 0 aromatic rings. The predicted octanol–water partition coefficient (Wildman–Crippen LogP) is 1.17. The zero-order chi connectivity index (χ0) is 13.8. The fourth-order valence-electron chi connectivity index (χ4n) is 4.20. The highest BCUT2D eigenvalue weighted by Gasteiger charge is 2.29. The lowest BCUT2D eigenvalue weighted by molar-refractivity contribution is 0.0844. The zero-order valence-corrected chi connectivity index (χ0v) is 13.0. The van der Waals surface area contributed by atoms with Gasteiger partial charge in [0.25, 0.3) is 0 Å². The highest BCUT2D eigenvalue weighted by atomic mass is 16.5. The number of ether oxygens (including phenoxy) is 1. The number of nitrogens with one attached hydrogen (secondary N) is 1. The minimum Gasteiger partial charge on any atom is -0.381 e. The number of hydrogen-bond donors (Lipinski definition) is 1. The second-order valence-electron chi connectivity index (χ2n) is 6.79. The first kappa shape index (κ1) is 14.8. The van der Waals surface area contributed by atoms with Crippen LogP contribution in [0.25, 0.3) is 0 Å². The zero-order valence-electron chi connectivity index (χ0n) is 13.0. The lowest BCUT2D eigenvalue weighted by atomic mass is 9.98. The van der Waals surface area contributed by atoms with E-state index in [1.54, 1.807) is 0 Å². The molecule has 1 N–H and O–H groups in total. The predicted molar refractivity (Wildman–Crippen MR) is 82.0 cm³/mol. The third-order valence-electron chi connectivity index (χ3n) is 5.61. The number of rotatable bonds is 5. The molecule has 3 rings (SSSR count). The van der Waals surface area contributed by atoms with Gasteiger partial charge in [0, 0.05) is 57.3 Å². The van der Waals surface area contributed by atoms with Crippen LogP contribution in [-0.4, -0.2) is 74.9 Å². The summed E-state index contributed by atoms with van der Waals surface area (Å²) in [4.78, 5) is 5.40. The van der Waals surface area contributed by atoms with E-state index in [-0.39, 0.29) is 0 Å². The molecule has 4 heteroatoms. The van der Waals surface area contributed by atoms with Crippen molar-refractivity contribution in [2.75, 3.05) is 53.0 Å². The van der Waals surface area contributed by atoms with Crippen LogP contribution >= 0.6 is 0 Å². The lowest BCUT2D eigenvalue weighted by Crippen LogP contribution is -2.53. The van der Waals surface area contributed by atoms with Crippen molar-refractivity contribution in [2.45, 2.75) is 44.2 Å². The summed E-state index contributed by atoms with van der Waals surface area (Å²) in [5.74, 6) is 0.716. The van der Waals surface area contributed by atoms with Crippen LogP contribution in [0.15, 0.2) is 0 Å². The van der Waals surface area contributed by atoms with Gasteiger partial charge in [-0.05, 0) is 26.3 Å². The number of nitrogens with zero attached hydrogens (tertiary/aromatic N) is 2. The van der Waals surface area contributed by atoms with E-state index in [1.165, 1.54) is 64.8 Å². The van der Waals surface area contributed by atoms with Gasteiger partial charge in [0.1, 0.15) is 0 Å². The molecular weight excluding hydrogens is 250 g/mol. The molecule has 3 aliphatic rings. The molecule has 0 amide bonds. The van der Waals surface area contributed by atoms with Crippen molar-refractivity contribution in [2.24, 2.45) is 5.92 Å². The van der Waals surface area contributed by atoms with Gasteiger partial charge < -0.3 is 10.1 Å². The maximum Gasteiger partial charge on any atom is 0.0510 e. The number of hydrogen-bond acceptors (Lipinski definition) is 4. The molecule has 116 valence electrons. The van der Waals surface area contributed by atoms with Crippen molar-refractivity contribution in [1.29, 1.82) is 0 Å². The molecule has 20 heavy (non-hydrogen) atoms. The average molecular weight is 281 g/mol. The van der Waals surface area contributed by atoms with Crippen molar-refractivity contribution in [1.82, 2.24) is 15.1 Å². The van der Waals surface area contributed by atoms with Crippen LogP contribution in [-0.2, 0) is 4.74 Å². The van der Waals surface area contributed by atoms with Crippen molar-refractivity contribution < 1.29 is 4.74 Å². The SMILES string of the molecule is CNC(CN1CCN(C2CCCC2)CC1)C1CCOC1. The number of likely N-dealkylation sites (N-methyl/N-ethyl adjacent to an activating group) is 1. The summed E-state index contributed by atoms with van der Waals surface area (Å²) in [5.41, 5.74) is 0. The minimum absolute atomic E-state index is 0.607. The Labute approximate surface area is 123 Å². The standard InChI is InChI=1S/C16H31N3O/c1-17-16(14-6-11-20-13-14)12-18-7-9-19(10-8-18)15-4-2-3-5-15/h14-17H,2-13H2,1H3. The van der Waals surface area contributed by atoms with Gasteiger partial charge in [-0.2, -0.15) is 0 Å². The topological polar surface area (TPSA) is 27.7 Å². The van der Waals surface area contributed by atoms with Crippen LogP contribution in [0.3, 0.4) is 0 Å². The monoisotopic (exact) mass is 281 g/mol. The van der Waals surface area contributed by atoms with E-state index < -0.39 is 0 Å². The van der Waals surface area contributed by atoms with Gasteiger partial charge >= 0.3 is 0 Å². The van der Waals surface area contributed by atoms with Gasteiger partial charge in [0.05, 0.1) is 6.61 Å². The molecule has 0 radical (unpaired) electrons. The van der Waals surface area contributed by atoms with Crippen LogP contribution in [0, 0.1) is 5.92 Å². The quantitative estimate of drug-likeness (QED) is 0.819. The molecule has 0 bridgehead atoms. The van der Waals surface area contributed by atoms with Crippen molar-refractivity contribution in [3.63, 3.8) is 0 Å². The average Bonchev–Trinajstić information content (AvgIpc) is 3.18. The van der Waals surface area contributed by atoms with E-state index in [4.69, 9.17) is 4.74 Å². The van der Waals surface area contributed by atoms with Gasteiger partial charge in [-0.25, -0.2) is 0 Å². The third kappa shape index (κ3) is 3.53. The summed E-state index contributed by atoms with van der Waals surface area (Å²) in [6.45, 7) is 8.17. The largest absolute Gasteiger partial charge is 0.381 e. The van der Waals surface area contributed by atoms with Crippen LogP contribution in [0.1, 0.15) is 32.1 Å². The maximum absolute atomic E-state index is 5.55. The Morgan fingerprint density at radius 2 is 1.85 bits per heavy atom. The van der Waals surface area contributed by atoms with E-state index in [0.717, 1.165) is 19.3 Å². The van der Waals surface area contributed by atoms with E-state index in [2.05, 4.69) is 22.2 Å². The summed E-state index contributed by atoms with van der Waals surface area (Å²) in [6.07, 6.45) is 7.02. The van der Waals surface area contributed by atoms with Gasteiger partial charge in [-0.15, -0.1) is 0 Å². The van der Waals surface area contributed by atoms with E-state index in [0.29, 0.717) is 12.0 Å². The van der Waals surface area contributed by atoms with Gasteiger partial charge in [-0.3, -0.25) is 9.80 Å². The molecule has 4 nitrogen and oxygen atoms in total. The van der Waals surface area contributed by atoms with Crippen molar-refractivity contribution in [3.05, 3.63) is 0 Å². The molecule has 2 saturated heterocycles. The molecule has 2 aliphatic heterocycles. The number of piperazine rings is 1. The summed E-state index contributed by atoms with van der Waals surface area (Å²) in [5, 5.41) is 3.52. The van der Waals surface area contributed by atoms with Gasteiger partial charge in [0.15, 0.2) is 0 Å². The Morgan fingerprint density at radius 3 is 2.45 bits per heavy atom. The fraction of sp³-hybridized carbons (Fsp3) is 1.00. The van der Waals surface area contributed by atoms with Crippen LogP contribution in [0.5, 0.6) is 0 Å². The first-order valence-corrected chi connectivity index (χ1v) is 8.58. The van der Waals surface area contributed by atoms with E-state index >= 15 is 0 Å². The fourth-order valence-corrected chi connectivity index (χ4v) is 4.20. The molecule has 2 atom stereocenters. The Bertz CT molecular complexity index is 279. The Morgan fingerprint density at radius 1 is 1.10 bits per heavy atom. The molecule has 1 saturated carbocycles.